The molecular weight excluding hydrogens is 260 g/mol. The highest BCUT2D eigenvalue weighted by molar-refractivity contribution is 5.83. The second-order valence-electron chi connectivity index (χ2n) is 8.41. The van der Waals surface area contributed by atoms with Crippen LogP contribution in [0.15, 0.2) is 0 Å². The molecule has 120 valence electrons. The van der Waals surface area contributed by atoms with Gasteiger partial charge >= 0.3 is 0 Å². The topological polar surface area (TPSA) is 55.1 Å². The molecule has 0 radical (unpaired) electrons. The number of rotatable bonds is 4. The standard InChI is InChI=1S/C18H32N2O/c1-12(2)11-18(7-4-8-18)17(21)20-16-13-5-3-6-14(16)10-15(19)9-13/h12-16H,3-11,19H2,1-2H3,(H,20,21). The zero-order valence-corrected chi connectivity index (χ0v) is 13.7. The molecule has 0 aliphatic heterocycles. The fourth-order valence-corrected chi connectivity index (χ4v) is 5.24. The molecule has 0 spiro atoms. The molecule has 3 rings (SSSR count). The van der Waals surface area contributed by atoms with Gasteiger partial charge in [0.05, 0.1) is 0 Å². The molecule has 3 saturated carbocycles. The van der Waals surface area contributed by atoms with Crippen LogP contribution in [0.2, 0.25) is 0 Å². The average Bonchev–Trinajstić information content (AvgIpc) is 2.34. The van der Waals surface area contributed by atoms with Crippen molar-refractivity contribution in [1.82, 2.24) is 5.32 Å². The van der Waals surface area contributed by atoms with Crippen molar-refractivity contribution in [3.8, 4) is 0 Å². The first-order valence-corrected chi connectivity index (χ1v) is 9.07. The molecule has 2 bridgehead atoms. The number of carbonyl (C=O) groups is 1. The van der Waals surface area contributed by atoms with Gasteiger partial charge in [-0.2, -0.15) is 0 Å². The van der Waals surface area contributed by atoms with Gasteiger partial charge in [-0.25, -0.2) is 0 Å². The van der Waals surface area contributed by atoms with Gasteiger partial charge in [0.2, 0.25) is 5.91 Å². The molecule has 0 heterocycles. The number of amides is 1. The smallest absolute Gasteiger partial charge is 0.226 e. The maximum Gasteiger partial charge on any atom is 0.226 e. The molecule has 3 nitrogen and oxygen atoms in total. The van der Waals surface area contributed by atoms with E-state index in [0.717, 1.165) is 32.1 Å². The van der Waals surface area contributed by atoms with Crippen LogP contribution in [0.5, 0.6) is 0 Å². The van der Waals surface area contributed by atoms with Gasteiger partial charge < -0.3 is 11.1 Å². The molecule has 2 atom stereocenters. The van der Waals surface area contributed by atoms with Crippen LogP contribution in [0.25, 0.3) is 0 Å². The third kappa shape index (κ3) is 2.99. The first-order chi connectivity index (χ1) is 10.00. The van der Waals surface area contributed by atoms with Crippen LogP contribution in [0.1, 0.15) is 71.6 Å². The minimum Gasteiger partial charge on any atom is -0.352 e. The van der Waals surface area contributed by atoms with Gasteiger partial charge in [-0.1, -0.05) is 26.7 Å². The van der Waals surface area contributed by atoms with Gasteiger partial charge in [0.15, 0.2) is 0 Å². The summed E-state index contributed by atoms with van der Waals surface area (Å²) in [6.07, 6.45) is 10.5. The van der Waals surface area contributed by atoms with Crippen molar-refractivity contribution in [2.75, 3.05) is 0 Å². The second kappa shape index (κ2) is 5.91. The summed E-state index contributed by atoms with van der Waals surface area (Å²) in [6.45, 7) is 4.48. The Morgan fingerprint density at radius 3 is 2.29 bits per heavy atom. The third-order valence-corrected chi connectivity index (χ3v) is 6.27. The van der Waals surface area contributed by atoms with E-state index >= 15 is 0 Å². The highest BCUT2D eigenvalue weighted by Gasteiger charge is 2.47. The van der Waals surface area contributed by atoms with Crippen LogP contribution in [0.4, 0.5) is 0 Å². The zero-order valence-electron chi connectivity index (χ0n) is 13.7. The van der Waals surface area contributed by atoms with Gasteiger partial charge in [0, 0.05) is 17.5 Å². The largest absolute Gasteiger partial charge is 0.352 e. The summed E-state index contributed by atoms with van der Waals surface area (Å²) in [4.78, 5) is 12.9. The van der Waals surface area contributed by atoms with Crippen molar-refractivity contribution in [2.24, 2.45) is 28.9 Å². The molecule has 3 heteroatoms. The molecule has 3 aliphatic carbocycles. The Morgan fingerprint density at radius 2 is 1.81 bits per heavy atom. The SMILES string of the molecule is CC(C)CC1(C(=O)NC2C3CCCC2CC(N)C3)CCC1. The van der Waals surface area contributed by atoms with Gasteiger partial charge in [-0.15, -0.1) is 0 Å². The number of nitrogens with two attached hydrogens (primary N) is 1. The summed E-state index contributed by atoms with van der Waals surface area (Å²) in [7, 11) is 0. The summed E-state index contributed by atoms with van der Waals surface area (Å²) in [6, 6.07) is 0.775. The van der Waals surface area contributed by atoms with Gasteiger partial charge in [-0.3, -0.25) is 4.79 Å². The van der Waals surface area contributed by atoms with Gasteiger partial charge in [-0.05, 0) is 62.7 Å². The van der Waals surface area contributed by atoms with Crippen molar-refractivity contribution in [3.05, 3.63) is 0 Å². The molecule has 2 unspecified atom stereocenters. The minimum absolute atomic E-state index is 0.0397. The Bertz CT molecular complexity index is 375. The van der Waals surface area contributed by atoms with E-state index < -0.39 is 0 Å². The van der Waals surface area contributed by atoms with E-state index in [1.807, 2.05) is 0 Å². The molecule has 1 amide bonds. The first-order valence-electron chi connectivity index (χ1n) is 9.07. The fourth-order valence-electron chi connectivity index (χ4n) is 5.24. The number of carbonyl (C=O) groups excluding carboxylic acids is 1. The second-order valence-corrected chi connectivity index (χ2v) is 8.41. The fraction of sp³-hybridized carbons (Fsp3) is 0.944. The summed E-state index contributed by atoms with van der Waals surface area (Å²) in [5, 5.41) is 3.50. The maximum atomic E-state index is 12.9. The van der Waals surface area contributed by atoms with Crippen molar-refractivity contribution in [2.45, 2.75) is 83.7 Å². The lowest BCUT2D eigenvalue weighted by Gasteiger charge is -2.48. The Labute approximate surface area is 129 Å². The van der Waals surface area contributed by atoms with E-state index in [1.54, 1.807) is 0 Å². The van der Waals surface area contributed by atoms with Crippen molar-refractivity contribution < 1.29 is 4.79 Å². The molecule has 21 heavy (non-hydrogen) atoms. The molecule has 3 N–H and O–H groups in total. The van der Waals surface area contributed by atoms with Crippen LogP contribution >= 0.6 is 0 Å². The van der Waals surface area contributed by atoms with Crippen molar-refractivity contribution in [3.63, 3.8) is 0 Å². The monoisotopic (exact) mass is 292 g/mol. The normalized spacial score (nSPS) is 37.9. The molecule has 0 aromatic carbocycles. The summed E-state index contributed by atoms with van der Waals surface area (Å²) < 4.78 is 0. The lowest BCUT2D eigenvalue weighted by molar-refractivity contribution is -0.139. The van der Waals surface area contributed by atoms with Gasteiger partial charge in [0.25, 0.3) is 0 Å². The lowest BCUT2D eigenvalue weighted by atomic mass is 9.62. The Hall–Kier alpha value is -0.570. The van der Waals surface area contributed by atoms with Gasteiger partial charge in [0.1, 0.15) is 0 Å². The van der Waals surface area contributed by atoms with Crippen LogP contribution < -0.4 is 11.1 Å². The average molecular weight is 292 g/mol. The summed E-state index contributed by atoms with van der Waals surface area (Å²) in [5.74, 6) is 2.23. The predicted octanol–water partition coefficient (Wildman–Crippen LogP) is 3.23. The Morgan fingerprint density at radius 1 is 1.19 bits per heavy atom. The van der Waals surface area contributed by atoms with Crippen LogP contribution in [0, 0.1) is 23.2 Å². The maximum absolute atomic E-state index is 12.9. The van der Waals surface area contributed by atoms with E-state index in [4.69, 9.17) is 5.73 Å². The summed E-state index contributed by atoms with van der Waals surface area (Å²) in [5.41, 5.74) is 6.15. The van der Waals surface area contributed by atoms with E-state index in [1.165, 1.54) is 25.7 Å². The van der Waals surface area contributed by atoms with E-state index in [9.17, 15) is 4.79 Å². The Balaban J connectivity index is 1.66. The van der Waals surface area contributed by atoms with E-state index in [2.05, 4.69) is 19.2 Å². The van der Waals surface area contributed by atoms with E-state index in [-0.39, 0.29) is 5.41 Å². The molecular formula is C18H32N2O. The quantitative estimate of drug-likeness (QED) is 0.836. The number of hydrogen-bond donors (Lipinski definition) is 2. The van der Waals surface area contributed by atoms with Crippen molar-refractivity contribution in [1.29, 1.82) is 0 Å². The molecule has 0 aromatic rings. The first kappa shape index (κ1) is 15.3. The number of fused-ring (bicyclic) bond motifs is 2. The lowest BCUT2D eigenvalue weighted by Crippen LogP contribution is -2.57. The summed E-state index contributed by atoms with van der Waals surface area (Å²) >= 11 is 0. The van der Waals surface area contributed by atoms with Crippen LogP contribution in [0.3, 0.4) is 0 Å². The number of nitrogens with one attached hydrogen (secondary N) is 1. The highest BCUT2D eigenvalue weighted by atomic mass is 16.2. The molecule has 3 aliphatic rings. The molecule has 3 fully saturated rings. The highest BCUT2D eigenvalue weighted by Crippen LogP contribution is 2.47. The third-order valence-electron chi connectivity index (χ3n) is 6.27. The molecule has 0 saturated heterocycles. The minimum atomic E-state index is -0.0397. The number of hydrogen-bond acceptors (Lipinski definition) is 2. The molecule has 0 aromatic heterocycles. The van der Waals surface area contributed by atoms with E-state index in [0.29, 0.717) is 35.7 Å². The zero-order chi connectivity index (χ0) is 15.0. The van der Waals surface area contributed by atoms with Crippen LogP contribution in [-0.4, -0.2) is 18.0 Å². The Kier molecular flexibility index (Phi) is 4.31. The van der Waals surface area contributed by atoms with Crippen molar-refractivity contribution >= 4 is 5.91 Å². The predicted molar refractivity (Wildman–Crippen MR) is 85.7 cm³/mol. The van der Waals surface area contributed by atoms with Crippen LogP contribution in [-0.2, 0) is 4.79 Å².